The molecule has 2 aliphatic rings. The first kappa shape index (κ1) is 26.5. The zero-order valence-electron chi connectivity index (χ0n) is 22.0. The number of rotatable bonds is 4. The average Bonchev–Trinajstić information content (AvgIpc) is 3.54. The maximum atomic E-state index is 13.7. The van der Waals surface area contributed by atoms with Crippen molar-refractivity contribution < 1.29 is 34.4 Å². The SMILES string of the molecule is CC(=O)Cn1c2ncccc2c2c3c(c4c5ccccc5n([C@@H]5O[C@H](CI)[C@@H](O)[C@H](O)[C@H]5O)c4c21)C(=O)N(C)C3=O. The number of aromatic nitrogens is 3. The second-order valence-electron chi connectivity index (χ2n) is 10.6. The van der Waals surface area contributed by atoms with Crippen molar-refractivity contribution in [3.05, 3.63) is 53.7 Å². The summed E-state index contributed by atoms with van der Waals surface area (Å²) in [7, 11) is 1.44. The highest BCUT2D eigenvalue weighted by Gasteiger charge is 2.46. The second kappa shape index (κ2) is 9.29. The lowest BCUT2D eigenvalue weighted by atomic mass is 9.96. The summed E-state index contributed by atoms with van der Waals surface area (Å²) < 4.78 is 10.1. The maximum Gasteiger partial charge on any atom is 0.262 e. The first-order chi connectivity index (χ1) is 19.7. The first-order valence-electron chi connectivity index (χ1n) is 13.1. The Morgan fingerprint density at radius 3 is 2.29 bits per heavy atom. The number of halogens is 1. The van der Waals surface area contributed by atoms with Crippen LogP contribution < -0.4 is 0 Å². The van der Waals surface area contributed by atoms with Crippen LogP contribution in [0.15, 0.2) is 42.6 Å². The molecule has 5 aromatic rings. The molecule has 0 radical (unpaired) electrons. The Balaban J connectivity index is 1.76. The number of amides is 2. The predicted molar refractivity (Wildman–Crippen MR) is 158 cm³/mol. The van der Waals surface area contributed by atoms with E-state index in [-0.39, 0.29) is 23.5 Å². The third kappa shape index (κ3) is 3.45. The Labute approximate surface area is 246 Å². The van der Waals surface area contributed by atoms with Gasteiger partial charge in [0.1, 0.15) is 29.7 Å². The van der Waals surface area contributed by atoms with Crippen LogP contribution in [0.4, 0.5) is 0 Å². The number of alkyl halides is 1. The molecule has 7 rings (SSSR count). The summed E-state index contributed by atoms with van der Waals surface area (Å²) in [5.41, 5.74) is 2.43. The highest BCUT2D eigenvalue weighted by Crippen LogP contribution is 2.48. The van der Waals surface area contributed by atoms with E-state index < -0.39 is 42.5 Å². The Hall–Kier alpha value is -3.43. The smallest absolute Gasteiger partial charge is 0.262 e. The number of nitrogens with zero attached hydrogens (tertiary/aromatic N) is 4. The molecule has 3 aromatic heterocycles. The van der Waals surface area contributed by atoms with Gasteiger partial charge < -0.3 is 29.2 Å². The van der Waals surface area contributed by atoms with Gasteiger partial charge in [0.15, 0.2) is 6.23 Å². The number of pyridine rings is 1. The van der Waals surface area contributed by atoms with Gasteiger partial charge in [-0.05, 0) is 25.1 Å². The number of carbonyl (C=O) groups is 3. The van der Waals surface area contributed by atoms with Gasteiger partial charge in [0.05, 0.1) is 40.3 Å². The number of benzene rings is 2. The monoisotopic (exact) mass is 668 g/mol. The van der Waals surface area contributed by atoms with Crippen molar-refractivity contribution in [2.24, 2.45) is 0 Å². The number of ketones is 1. The molecule has 5 heterocycles. The van der Waals surface area contributed by atoms with Gasteiger partial charge in [-0.3, -0.25) is 19.3 Å². The number of ether oxygens (including phenoxy) is 1. The van der Waals surface area contributed by atoms with Crippen LogP contribution in [0.1, 0.15) is 33.9 Å². The lowest BCUT2D eigenvalue weighted by molar-refractivity contribution is -0.236. The first-order valence-corrected chi connectivity index (χ1v) is 14.6. The number of imide groups is 1. The minimum absolute atomic E-state index is 0.0593. The summed E-state index contributed by atoms with van der Waals surface area (Å²) in [6.45, 7) is 1.40. The van der Waals surface area contributed by atoms with E-state index >= 15 is 0 Å². The summed E-state index contributed by atoms with van der Waals surface area (Å²) >= 11 is 2.05. The van der Waals surface area contributed by atoms with Gasteiger partial charge in [0.2, 0.25) is 0 Å². The van der Waals surface area contributed by atoms with Crippen LogP contribution in [-0.4, -0.2) is 87.8 Å². The quantitative estimate of drug-likeness (QED) is 0.151. The fourth-order valence-electron chi connectivity index (χ4n) is 6.44. The van der Waals surface area contributed by atoms with E-state index in [1.807, 2.05) is 12.1 Å². The molecule has 1 fully saturated rings. The van der Waals surface area contributed by atoms with Gasteiger partial charge in [-0.2, -0.15) is 0 Å². The van der Waals surface area contributed by atoms with E-state index in [0.29, 0.717) is 48.2 Å². The number of carbonyl (C=O) groups excluding carboxylic acids is 3. The molecule has 210 valence electrons. The largest absolute Gasteiger partial charge is 0.388 e. The van der Waals surface area contributed by atoms with Gasteiger partial charge in [0, 0.05) is 39.2 Å². The van der Waals surface area contributed by atoms with E-state index in [1.165, 1.54) is 14.0 Å². The molecule has 0 bridgehead atoms. The molecule has 1 saturated heterocycles. The van der Waals surface area contributed by atoms with Crippen molar-refractivity contribution in [3.8, 4) is 0 Å². The van der Waals surface area contributed by atoms with Crippen LogP contribution in [0.5, 0.6) is 0 Å². The molecule has 5 atom stereocenters. The van der Waals surface area contributed by atoms with Gasteiger partial charge in [-0.15, -0.1) is 0 Å². The topological polar surface area (TPSA) is 147 Å². The Morgan fingerprint density at radius 2 is 1.61 bits per heavy atom. The molecule has 2 aliphatic heterocycles. The third-order valence-electron chi connectivity index (χ3n) is 8.21. The lowest BCUT2D eigenvalue weighted by Crippen LogP contribution is -2.55. The van der Waals surface area contributed by atoms with Crippen LogP contribution in [-0.2, 0) is 16.1 Å². The average molecular weight is 668 g/mol. The second-order valence-corrected chi connectivity index (χ2v) is 11.5. The normalized spacial score (nSPS) is 24.8. The standard InChI is InChI=1S/C29H25IN4O7/c1-12(35)11-33-21-18(14-7-5-9-31-26(14)33)20-19(27(39)32(2)28(20)40)17-13-6-3-4-8-15(13)34(22(17)21)29-25(38)24(37)23(36)16(10-30)41-29/h3-9,16,23-25,29,36-38H,10-11H2,1-2H3/t16-,23-,24+,25-,29-/m1/s1. The van der Waals surface area contributed by atoms with Crippen molar-refractivity contribution in [2.45, 2.75) is 44.1 Å². The van der Waals surface area contributed by atoms with Gasteiger partial charge >= 0.3 is 0 Å². The molecular formula is C29H25IN4O7. The molecule has 0 aliphatic carbocycles. The highest BCUT2D eigenvalue weighted by atomic mass is 127. The van der Waals surface area contributed by atoms with Crippen molar-refractivity contribution in [1.82, 2.24) is 19.0 Å². The van der Waals surface area contributed by atoms with E-state index in [0.717, 1.165) is 4.90 Å². The Kier molecular flexibility index (Phi) is 6.00. The van der Waals surface area contributed by atoms with E-state index in [4.69, 9.17) is 4.74 Å². The molecule has 12 heteroatoms. The number of para-hydroxylation sites is 1. The molecule has 11 nitrogen and oxygen atoms in total. The Morgan fingerprint density at radius 1 is 0.951 bits per heavy atom. The van der Waals surface area contributed by atoms with Gasteiger partial charge in [-0.1, -0.05) is 40.8 Å². The minimum Gasteiger partial charge on any atom is -0.388 e. The molecular weight excluding hydrogens is 643 g/mol. The van der Waals surface area contributed by atoms with Crippen molar-refractivity contribution in [2.75, 3.05) is 11.5 Å². The van der Waals surface area contributed by atoms with Gasteiger partial charge in [0.25, 0.3) is 11.8 Å². The number of hydrogen-bond donors (Lipinski definition) is 3. The predicted octanol–water partition coefficient (Wildman–Crippen LogP) is 2.53. The molecule has 3 N–H and O–H groups in total. The number of fused-ring (bicyclic) bond motifs is 10. The van der Waals surface area contributed by atoms with Crippen molar-refractivity contribution in [3.63, 3.8) is 0 Å². The van der Waals surface area contributed by atoms with Crippen LogP contribution in [0.3, 0.4) is 0 Å². The fraction of sp³-hybridized carbons (Fsp3) is 0.310. The zero-order valence-corrected chi connectivity index (χ0v) is 24.1. The number of hydrogen-bond acceptors (Lipinski definition) is 8. The molecule has 41 heavy (non-hydrogen) atoms. The molecule has 2 amide bonds. The molecule has 0 spiro atoms. The summed E-state index contributed by atoms with van der Waals surface area (Å²) in [5, 5.41) is 34.9. The number of Topliss-reactive ketones (excluding diaryl/α,β-unsaturated/α-hetero) is 1. The van der Waals surface area contributed by atoms with Crippen LogP contribution in [0, 0.1) is 0 Å². The van der Waals surface area contributed by atoms with Crippen LogP contribution >= 0.6 is 22.6 Å². The van der Waals surface area contributed by atoms with Gasteiger partial charge in [-0.25, -0.2) is 4.98 Å². The maximum absolute atomic E-state index is 13.7. The molecule has 2 aromatic carbocycles. The summed E-state index contributed by atoms with van der Waals surface area (Å²) in [4.78, 5) is 45.7. The summed E-state index contributed by atoms with van der Waals surface area (Å²) in [6, 6.07) is 10.8. The highest BCUT2D eigenvalue weighted by molar-refractivity contribution is 14.1. The van der Waals surface area contributed by atoms with Crippen molar-refractivity contribution in [1.29, 1.82) is 0 Å². The molecule has 0 saturated carbocycles. The minimum atomic E-state index is -1.53. The summed E-state index contributed by atoms with van der Waals surface area (Å²) in [5.74, 6) is -1.08. The Bertz CT molecular complexity index is 1960. The third-order valence-corrected chi connectivity index (χ3v) is 9.08. The fourth-order valence-corrected chi connectivity index (χ4v) is 7.17. The lowest BCUT2D eigenvalue weighted by Gasteiger charge is -2.41. The van der Waals surface area contributed by atoms with Crippen molar-refractivity contribution >= 4 is 83.9 Å². The van der Waals surface area contributed by atoms with Crippen LogP contribution in [0.25, 0.3) is 43.7 Å². The van der Waals surface area contributed by atoms with Crippen LogP contribution in [0.2, 0.25) is 0 Å². The number of aliphatic hydroxyl groups is 3. The zero-order chi connectivity index (χ0) is 28.9. The van der Waals surface area contributed by atoms with E-state index in [1.54, 1.807) is 39.6 Å². The summed E-state index contributed by atoms with van der Waals surface area (Å²) in [6.07, 6.45) is -4.71. The van der Waals surface area contributed by atoms with E-state index in [9.17, 15) is 29.7 Å². The molecule has 0 unspecified atom stereocenters. The number of aliphatic hydroxyl groups excluding tert-OH is 3. The van der Waals surface area contributed by atoms with E-state index in [2.05, 4.69) is 27.6 Å².